The Labute approximate surface area is 199 Å². The Balaban J connectivity index is 1.75. The number of hydrogen-bond donors (Lipinski definition) is 0. The summed E-state index contributed by atoms with van der Waals surface area (Å²) in [7, 11) is 0. The Morgan fingerprint density at radius 1 is 0.969 bits per heavy atom. The molecule has 4 aromatic rings. The number of nitrogens with zero attached hydrogens (tertiary/aromatic N) is 3. The minimum absolute atomic E-state index is 0.0723. The molecule has 0 unspecified atom stereocenters. The highest BCUT2D eigenvalue weighted by Crippen LogP contribution is 2.37. The van der Waals surface area contributed by atoms with Crippen LogP contribution in [0.2, 0.25) is 0 Å². The van der Waals surface area contributed by atoms with E-state index in [1.807, 2.05) is 79.7 Å². The first-order valence-corrected chi connectivity index (χ1v) is 11.5. The normalized spacial score (nSPS) is 14.4. The van der Waals surface area contributed by atoms with Gasteiger partial charge in [-0.05, 0) is 65.4 Å². The number of likely N-dealkylation sites (N-methyl/N-ethyl adjacent to an activating group) is 1. The fraction of sp³-hybridized carbons (Fsp3) is 0.115. The summed E-state index contributed by atoms with van der Waals surface area (Å²) in [4.78, 5) is 33.3. The zero-order valence-corrected chi connectivity index (χ0v) is 19.6. The summed E-state index contributed by atoms with van der Waals surface area (Å²) in [5.41, 5.74) is 3.81. The van der Waals surface area contributed by atoms with Gasteiger partial charge in [0.2, 0.25) is 0 Å². The standard InChI is InChI=1S/C26H20IN3O2/c1-2-29-23-11-7-6-10-19(23)20(25(29)31)15-24-28-22-13-12-18(27)14-21(22)26(32)30(24)16-17-8-4-3-5-9-17/h3-15H,2,16H2,1H3/b20-15-. The van der Waals surface area contributed by atoms with Gasteiger partial charge in [0.05, 0.1) is 28.7 Å². The number of benzene rings is 3. The van der Waals surface area contributed by atoms with Crippen LogP contribution in [-0.4, -0.2) is 22.0 Å². The van der Waals surface area contributed by atoms with E-state index < -0.39 is 0 Å². The van der Waals surface area contributed by atoms with Gasteiger partial charge in [-0.2, -0.15) is 0 Å². The molecular weight excluding hydrogens is 513 g/mol. The van der Waals surface area contributed by atoms with Crippen molar-refractivity contribution in [3.05, 3.63) is 104 Å². The summed E-state index contributed by atoms with van der Waals surface area (Å²) in [5.74, 6) is 0.403. The van der Waals surface area contributed by atoms with Gasteiger partial charge in [0, 0.05) is 15.7 Å². The molecule has 6 heteroatoms. The molecule has 0 N–H and O–H groups in total. The lowest BCUT2D eigenvalue weighted by atomic mass is 10.1. The summed E-state index contributed by atoms with van der Waals surface area (Å²) in [6.07, 6.45) is 1.76. The Morgan fingerprint density at radius 3 is 2.50 bits per heavy atom. The highest BCUT2D eigenvalue weighted by Gasteiger charge is 2.31. The maximum absolute atomic E-state index is 13.5. The molecule has 5 rings (SSSR count). The second-order valence-electron chi connectivity index (χ2n) is 7.63. The predicted octanol–water partition coefficient (Wildman–Crippen LogP) is 4.96. The topological polar surface area (TPSA) is 55.2 Å². The van der Waals surface area contributed by atoms with Crippen molar-refractivity contribution >= 4 is 56.7 Å². The van der Waals surface area contributed by atoms with Crippen LogP contribution in [0.4, 0.5) is 5.69 Å². The fourth-order valence-corrected chi connectivity index (χ4v) is 4.62. The number of para-hydroxylation sites is 1. The van der Waals surface area contributed by atoms with E-state index in [0.29, 0.717) is 35.4 Å². The van der Waals surface area contributed by atoms with Crippen LogP contribution in [0.3, 0.4) is 0 Å². The summed E-state index contributed by atoms with van der Waals surface area (Å²) in [5, 5.41) is 0.573. The third-order valence-electron chi connectivity index (χ3n) is 5.68. The number of carbonyl (C=O) groups is 1. The second kappa shape index (κ2) is 8.35. The van der Waals surface area contributed by atoms with Crippen molar-refractivity contribution in [2.75, 3.05) is 11.4 Å². The number of hydrogen-bond acceptors (Lipinski definition) is 3. The quantitative estimate of drug-likeness (QED) is 0.276. The van der Waals surface area contributed by atoms with Gasteiger partial charge in [0.1, 0.15) is 5.82 Å². The van der Waals surface area contributed by atoms with Crippen molar-refractivity contribution in [2.24, 2.45) is 0 Å². The van der Waals surface area contributed by atoms with Crippen LogP contribution in [0.15, 0.2) is 77.6 Å². The van der Waals surface area contributed by atoms with Crippen molar-refractivity contribution in [2.45, 2.75) is 13.5 Å². The number of aromatic nitrogens is 2. The van der Waals surface area contributed by atoms with Crippen molar-refractivity contribution in [3.8, 4) is 0 Å². The molecule has 0 bridgehead atoms. The lowest BCUT2D eigenvalue weighted by molar-refractivity contribution is -0.112. The molecule has 2 heterocycles. The van der Waals surface area contributed by atoms with Gasteiger partial charge in [0.15, 0.2) is 0 Å². The molecule has 0 aliphatic carbocycles. The molecule has 1 aromatic heterocycles. The Kier molecular flexibility index (Phi) is 5.38. The number of halogens is 1. The number of carbonyl (C=O) groups excluding carboxylic acids is 1. The second-order valence-corrected chi connectivity index (χ2v) is 8.88. The first-order valence-electron chi connectivity index (χ1n) is 10.4. The van der Waals surface area contributed by atoms with Crippen molar-refractivity contribution in [1.82, 2.24) is 9.55 Å². The monoisotopic (exact) mass is 533 g/mol. The maximum atomic E-state index is 13.5. The molecule has 3 aromatic carbocycles. The predicted molar refractivity (Wildman–Crippen MR) is 137 cm³/mol. The van der Waals surface area contributed by atoms with Crippen LogP contribution in [0.5, 0.6) is 0 Å². The molecule has 32 heavy (non-hydrogen) atoms. The van der Waals surface area contributed by atoms with Gasteiger partial charge in [-0.15, -0.1) is 0 Å². The zero-order valence-electron chi connectivity index (χ0n) is 17.5. The molecule has 0 saturated heterocycles. The van der Waals surface area contributed by atoms with Gasteiger partial charge < -0.3 is 4.90 Å². The first-order chi connectivity index (χ1) is 15.6. The molecule has 0 spiro atoms. The average molecular weight is 533 g/mol. The molecule has 158 valence electrons. The van der Waals surface area contributed by atoms with Gasteiger partial charge in [-0.25, -0.2) is 4.98 Å². The Hall–Kier alpha value is -3.26. The van der Waals surface area contributed by atoms with Gasteiger partial charge in [-0.1, -0.05) is 48.5 Å². The highest BCUT2D eigenvalue weighted by atomic mass is 127. The third kappa shape index (κ3) is 3.54. The zero-order chi connectivity index (χ0) is 22.2. The SMILES string of the molecule is CCN1C(=O)/C(=C\c2nc3ccc(I)cc3c(=O)n2Cc2ccccc2)c2ccccc21. The minimum atomic E-state index is -0.115. The van der Waals surface area contributed by atoms with Gasteiger partial charge in [0.25, 0.3) is 11.5 Å². The fourth-order valence-electron chi connectivity index (χ4n) is 4.13. The van der Waals surface area contributed by atoms with E-state index in [1.54, 1.807) is 15.5 Å². The van der Waals surface area contributed by atoms with Crippen molar-refractivity contribution in [1.29, 1.82) is 0 Å². The minimum Gasteiger partial charge on any atom is -0.308 e. The van der Waals surface area contributed by atoms with Crippen LogP contribution in [-0.2, 0) is 11.3 Å². The van der Waals surface area contributed by atoms with E-state index in [4.69, 9.17) is 4.98 Å². The number of anilines is 1. The van der Waals surface area contributed by atoms with Crippen LogP contribution in [0.25, 0.3) is 22.6 Å². The van der Waals surface area contributed by atoms with Gasteiger partial charge in [-0.3, -0.25) is 14.2 Å². The lowest BCUT2D eigenvalue weighted by Crippen LogP contribution is -2.26. The van der Waals surface area contributed by atoms with E-state index in [1.165, 1.54) is 0 Å². The van der Waals surface area contributed by atoms with E-state index >= 15 is 0 Å². The average Bonchev–Trinajstić information content (AvgIpc) is 3.08. The third-order valence-corrected chi connectivity index (χ3v) is 6.35. The first kappa shape index (κ1) is 20.6. The van der Waals surface area contributed by atoms with Crippen molar-refractivity contribution in [3.63, 3.8) is 0 Å². The van der Waals surface area contributed by atoms with E-state index in [0.717, 1.165) is 20.4 Å². The summed E-state index contributed by atoms with van der Waals surface area (Å²) in [6.45, 7) is 2.91. The van der Waals surface area contributed by atoms with E-state index in [9.17, 15) is 9.59 Å². The van der Waals surface area contributed by atoms with E-state index in [-0.39, 0.29) is 11.5 Å². The van der Waals surface area contributed by atoms with Crippen molar-refractivity contribution < 1.29 is 4.79 Å². The molecular formula is C26H20IN3O2. The number of rotatable bonds is 4. The number of fused-ring (bicyclic) bond motifs is 2. The van der Waals surface area contributed by atoms with E-state index in [2.05, 4.69) is 22.6 Å². The molecule has 5 nitrogen and oxygen atoms in total. The molecule has 1 amide bonds. The maximum Gasteiger partial charge on any atom is 0.261 e. The van der Waals surface area contributed by atoms with Crippen LogP contribution in [0, 0.1) is 3.57 Å². The van der Waals surface area contributed by atoms with Gasteiger partial charge >= 0.3 is 0 Å². The summed E-state index contributed by atoms with van der Waals surface area (Å²) >= 11 is 2.20. The molecule has 1 aliphatic heterocycles. The molecule has 0 fully saturated rings. The highest BCUT2D eigenvalue weighted by molar-refractivity contribution is 14.1. The largest absolute Gasteiger partial charge is 0.308 e. The Morgan fingerprint density at radius 2 is 1.72 bits per heavy atom. The van der Waals surface area contributed by atoms with Crippen LogP contribution in [0.1, 0.15) is 23.9 Å². The van der Waals surface area contributed by atoms with Crippen LogP contribution < -0.4 is 10.5 Å². The lowest BCUT2D eigenvalue weighted by Gasteiger charge is -2.14. The Bertz CT molecular complexity index is 1440. The summed E-state index contributed by atoms with van der Waals surface area (Å²) in [6, 6.07) is 23.2. The molecule has 0 saturated carbocycles. The molecule has 1 aliphatic rings. The molecule has 0 radical (unpaired) electrons. The smallest absolute Gasteiger partial charge is 0.261 e. The molecule has 0 atom stereocenters. The summed E-state index contributed by atoms with van der Waals surface area (Å²) < 4.78 is 2.63. The number of amides is 1. The van der Waals surface area contributed by atoms with Crippen LogP contribution >= 0.6 is 22.6 Å².